The Bertz CT molecular complexity index is 954. The number of aromatic nitrogens is 2. The number of hydrogen-bond donors (Lipinski definition) is 0. The molecule has 2 heterocycles. The number of pyridine rings is 1. The maximum absolute atomic E-state index is 12.0. The fourth-order valence-electron chi connectivity index (χ4n) is 3.08. The zero-order valence-corrected chi connectivity index (χ0v) is 18.2. The van der Waals surface area contributed by atoms with Crippen molar-refractivity contribution in [2.75, 3.05) is 19.8 Å². The standard InChI is InChI=1S/C24H28N2O5/c1-4-28-22(24(27)29-5-2)15-19-11-12-20(16-25-19)30-14-13-21-17(3)31-23(26-21)18-9-7-6-8-10-18/h6-12,16,22H,4-5,13-15H2,1-3H3. The van der Waals surface area contributed by atoms with Gasteiger partial charge in [-0.3, -0.25) is 4.98 Å². The predicted molar refractivity (Wildman–Crippen MR) is 116 cm³/mol. The van der Waals surface area contributed by atoms with E-state index in [1.165, 1.54) is 0 Å². The van der Waals surface area contributed by atoms with Crippen LogP contribution < -0.4 is 4.74 Å². The summed E-state index contributed by atoms with van der Waals surface area (Å²) in [4.78, 5) is 21.0. The van der Waals surface area contributed by atoms with E-state index in [2.05, 4.69) is 9.97 Å². The highest BCUT2D eigenvalue weighted by molar-refractivity contribution is 5.75. The highest BCUT2D eigenvalue weighted by Crippen LogP contribution is 2.22. The van der Waals surface area contributed by atoms with E-state index in [1.807, 2.05) is 56.3 Å². The summed E-state index contributed by atoms with van der Waals surface area (Å²) < 4.78 is 22.1. The smallest absolute Gasteiger partial charge is 0.335 e. The lowest BCUT2D eigenvalue weighted by Gasteiger charge is -2.15. The quantitative estimate of drug-likeness (QED) is 0.427. The van der Waals surface area contributed by atoms with Crippen molar-refractivity contribution in [3.05, 3.63) is 65.8 Å². The van der Waals surface area contributed by atoms with Crippen LogP contribution in [0.1, 0.15) is 31.0 Å². The number of oxazole rings is 1. The van der Waals surface area contributed by atoms with E-state index < -0.39 is 6.10 Å². The fourth-order valence-corrected chi connectivity index (χ4v) is 3.08. The monoisotopic (exact) mass is 424 g/mol. The molecule has 1 atom stereocenters. The van der Waals surface area contributed by atoms with Gasteiger partial charge in [0.2, 0.25) is 5.89 Å². The second kappa shape index (κ2) is 11.3. The van der Waals surface area contributed by atoms with E-state index in [1.54, 1.807) is 13.1 Å². The normalized spacial score (nSPS) is 11.8. The van der Waals surface area contributed by atoms with Crippen LogP contribution in [-0.4, -0.2) is 41.9 Å². The molecule has 3 aromatic rings. The molecule has 0 saturated carbocycles. The van der Waals surface area contributed by atoms with Crippen LogP contribution in [0.25, 0.3) is 11.5 Å². The van der Waals surface area contributed by atoms with Gasteiger partial charge in [0.15, 0.2) is 6.10 Å². The van der Waals surface area contributed by atoms with Gasteiger partial charge in [0.1, 0.15) is 11.5 Å². The number of nitrogens with zero attached hydrogens (tertiary/aromatic N) is 2. The molecule has 2 aromatic heterocycles. The van der Waals surface area contributed by atoms with Crippen LogP contribution in [0.4, 0.5) is 0 Å². The second-order valence-electron chi connectivity index (χ2n) is 6.87. The minimum absolute atomic E-state index is 0.320. The summed E-state index contributed by atoms with van der Waals surface area (Å²) in [6, 6.07) is 13.5. The topological polar surface area (TPSA) is 83.7 Å². The molecule has 0 saturated heterocycles. The van der Waals surface area contributed by atoms with Crippen LogP contribution in [0.5, 0.6) is 5.75 Å². The van der Waals surface area contributed by atoms with Gasteiger partial charge in [0, 0.05) is 30.7 Å². The SMILES string of the molecule is CCOC(=O)C(Cc1ccc(OCCc2nc(-c3ccccc3)oc2C)cn1)OCC. The average molecular weight is 424 g/mol. The van der Waals surface area contributed by atoms with Crippen LogP contribution in [0.3, 0.4) is 0 Å². The molecular formula is C24H28N2O5. The van der Waals surface area contributed by atoms with Gasteiger partial charge in [-0.15, -0.1) is 0 Å². The molecule has 1 aromatic carbocycles. The highest BCUT2D eigenvalue weighted by atomic mass is 16.6. The number of esters is 1. The van der Waals surface area contributed by atoms with Crippen LogP contribution in [0.2, 0.25) is 0 Å². The van der Waals surface area contributed by atoms with Crippen LogP contribution in [0.15, 0.2) is 53.1 Å². The van der Waals surface area contributed by atoms with Crippen LogP contribution in [0, 0.1) is 6.92 Å². The van der Waals surface area contributed by atoms with Gasteiger partial charge in [-0.2, -0.15) is 0 Å². The molecule has 0 spiro atoms. The molecule has 0 N–H and O–H groups in total. The molecule has 0 fully saturated rings. The minimum Gasteiger partial charge on any atom is -0.492 e. The lowest BCUT2D eigenvalue weighted by atomic mass is 10.2. The molecule has 0 aliphatic heterocycles. The van der Waals surface area contributed by atoms with E-state index in [-0.39, 0.29) is 5.97 Å². The zero-order valence-electron chi connectivity index (χ0n) is 18.2. The molecule has 7 heteroatoms. The highest BCUT2D eigenvalue weighted by Gasteiger charge is 2.21. The van der Waals surface area contributed by atoms with Crippen molar-refractivity contribution in [1.82, 2.24) is 9.97 Å². The number of aryl methyl sites for hydroxylation is 1. The minimum atomic E-state index is -0.654. The van der Waals surface area contributed by atoms with Crippen molar-refractivity contribution in [2.45, 2.75) is 39.7 Å². The van der Waals surface area contributed by atoms with E-state index in [9.17, 15) is 4.79 Å². The van der Waals surface area contributed by atoms with Crippen LogP contribution >= 0.6 is 0 Å². The van der Waals surface area contributed by atoms with Gasteiger partial charge >= 0.3 is 5.97 Å². The molecule has 7 nitrogen and oxygen atoms in total. The number of carbonyl (C=O) groups is 1. The Morgan fingerprint density at radius 1 is 1.10 bits per heavy atom. The van der Waals surface area contributed by atoms with E-state index >= 15 is 0 Å². The summed E-state index contributed by atoms with van der Waals surface area (Å²) in [5.74, 6) is 1.68. The molecule has 164 valence electrons. The van der Waals surface area contributed by atoms with Gasteiger partial charge in [0.25, 0.3) is 0 Å². The lowest BCUT2D eigenvalue weighted by molar-refractivity contribution is -0.156. The van der Waals surface area contributed by atoms with Crippen molar-refractivity contribution in [1.29, 1.82) is 0 Å². The molecule has 31 heavy (non-hydrogen) atoms. The second-order valence-corrected chi connectivity index (χ2v) is 6.87. The maximum Gasteiger partial charge on any atom is 0.335 e. The van der Waals surface area contributed by atoms with Gasteiger partial charge in [-0.1, -0.05) is 18.2 Å². The predicted octanol–water partition coefficient (Wildman–Crippen LogP) is 4.18. The summed E-state index contributed by atoms with van der Waals surface area (Å²) in [6.07, 6.45) is 1.97. The first-order valence-electron chi connectivity index (χ1n) is 10.5. The molecule has 0 aliphatic rings. The number of carbonyl (C=O) groups excluding carboxylic acids is 1. The molecular weight excluding hydrogens is 396 g/mol. The Balaban J connectivity index is 1.53. The Labute approximate surface area is 182 Å². The van der Waals surface area contributed by atoms with Crippen molar-refractivity contribution in [3.63, 3.8) is 0 Å². The van der Waals surface area contributed by atoms with E-state index in [0.29, 0.717) is 44.3 Å². The summed E-state index contributed by atoms with van der Waals surface area (Å²) in [5.41, 5.74) is 2.56. The molecule has 0 bridgehead atoms. The first-order chi connectivity index (χ1) is 15.1. The van der Waals surface area contributed by atoms with E-state index in [4.69, 9.17) is 18.6 Å². The Morgan fingerprint density at radius 3 is 2.58 bits per heavy atom. The molecule has 0 aliphatic carbocycles. The Hall–Kier alpha value is -3.19. The van der Waals surface area contributed by atoms with Crippen LogP contribution in [-0.2, 0) is 27.1 Å². The van der Waals surface area contributed by atoms with Gasteiger partial charge in [-0.25, -0.2) is 9.78 Å². The number of hydrogen-bond acceptors (Lipinski definition) is 7. The number of ether oxygens (including phenoxy) is 3. The third-order valence-electron chi connectivity index (χ3n) is 4.63. The van der Waals surface area contributed by atoms with Crippen molar-refractivity contribution in [2.24, 2.45) is 0 Å². The number of rotatable bonds is 11. The molecule has 0 radical (unpaired) electrons. The van der Waals surface area contributed by atoms with Crippen molar-refractivity contribution < 1.29 is 23.4 Å². The first-order valence-corrected chi connectivity index (χ1v) is 10.5. The van der Waals surface area contributed by atoms with Gasteiger partial charge in [0.05, 0.1) is 25.1 Å². The summed E-state index contributed by atoms with van der Waals surface area (Å²) in [6.45, 7) is 6.72. The third kappa shape index (κ3) is 6.39. The summed E-state index contributed by atoms with van der Waals surface area (Å²) >= 11 is 0. The molecule has 1 unspecified atom stereocenters. The largest absolute Gasteiger partial charge is 0.492 e. The zero-order chi connectivity index (χ0) is 22.1. The Morgan fingerprint density at radius 2 is 1.90 bits per heavy atom. The van der Waals surface area contributed by atoms with Crippen molar-refractivity contribution in [3.8, 4) is 17.2 Å². The average Bonchev–Trinajstić information content (AvgIpc) is 3.16. The first kappa shape index (κ1) is 22.5. The molecule has 0 amide bonds. The number of benzene rings is 1. The summed E-state index contributed by atoms with van der Waals surface area (Å²) in [5, 5.41) is 0. The Kier molecular flexibility index (Phi) is 8.18. The van der Waals surface area contributed by atoms with Gasteiger partial charge < -0.3 is 18.6 Å². The third-order valence-corrected chi connectivity index (χ3v) is 4.63. The van der Waals surface area contributed by atoms with E-state index in [0.717, 1.165) is 22.7 Å². The maximum atomic E-state index is 12.0. The lowest BCUT2D eigenvalue weighted by Crippen LogP contribution is -2.29. The molecule has 3 rings (SSSR count). The summed E-state index contributed by atoms with van der Waals surface area (Å²) in [7, 11) is 0. The fraction of sp³-hybridized carbons (Fsp3) is 0.375. The van der Waals surface area contributed by atoms with Gasteiger partial charge in [-0.05, 0) is 45.0 Å². The van der Waals surface area contributed by atoms with Crippen molar-refractivity contribution >= 4 is 5.97 Å².